The van der Waals surface area contributed by atoms with E-state index in [9.17, 15) is 14.7 Å². The van der Waals surface area contributed by atoms with Gasteiger partial charge in [-0.25, -0.2) is 0 Å². The van der Waals surface area contributed by atoms with Crippen molar-refractivity contribution in [2.75, 3.05) is 39.4 Å². The van der Waals surface area contributed by atoms with Crippen molar-refractivity contribution in [3.8, 4) is 11.5 Å². The molecule has 0 bridgehead atoms. The number of hydrogen-bond donors (Lipinski definition) is 1. The highest BCUT2D eigenvalue weighted by Crippen LogP contribution is 2.40. The molecule has 1 amide bonds. The van der Waals surface area contributed by atoms with Crippen LogP contribution in [-0.2, 0) is 9.59 Å². The van der Waals surface area contributed by atoms with Crippen LogP contribution in [0.25, 0.3) is 5.76 Å². The third-order valence-electron chi connectivity index (χ3n) is 6.07. The molecule has 7 nitrogen and oxygen atoms in total. The maximum Gasteiger partial charge on any atom is 0.295 e. The van der Waals surface area contributed by atoms with Crippen LogP contribution in [0, 0.1) is 0 Å². The number of rotatable bonds is 12. The lowest BCUT2D eigenvalue weighted by molar-refractivity contribution is -0.140. The number of nitrogens with zero attached hydrogens (tertiary/aromatic N) is 2. The average Bonchev–Trinajstić information content (AvgIpc) is 3.13. The van der Waals surface area contributed by atoms with E-state index in [2.05, 4.69) is 25.3 Å². The van der Waals surface area contributed by atoms with Gasteiger partial charge in [-0.1, -0.05) is 38.6 Å². The molecule has 1 atom stereocenters. The molecule has 0 aromatic heterocycles. The normalized spacial score (nSPS) is 17.1. The topological polar surface area (TPSA) is 79.3 Å². The van der Waals surface area contributed by atoms with Crippen LogP contribution in [0.2, 0.25) is 0 Å². The van der Waals surface area contributed by atoms with Crippen LogP contribution in [0.4, 0.5) is 0 Å². The van der Waals surface area contributed by atoms with Gasteiger partial charge in [0.2, 0.25) is 0 Å². The zero-order chi connectivity index (χ0) is 25.4. The van der Waals surface area contributed by atoms with E-state index in [1.54, 1.807) is 41.3 Å². The van der Waals surface area contributed by atoms with Crippen LogP contribution in [0.1, 0.15) is 37.9 Å². The van der Waals surface area contributed by atoms with Crippen LogP contribution in [0.3, 0.4) is 0 Å². The molecule has 1 saturated heterocycles. The summed E-state index contributed by atoms with van der Waals surface area (Å²) in [6.07, 6.45) is 1.65. The van der Waals surface area contributed by atoms with Gasteiger partial charge in [-0.2, -0.15) is 0 Å². The Hall–Kier alpha value is -3.58. The zero-order valence-electron chi connectivity index (χ0n) is 20.7. The minimum absolute atomic E-state index is 0.0691. The highest BCUT2D eigenvalue weighted by Gasteiger charge is 2.46. The Morgan fingerprint density at radius 1 is 1.06 bits per heavy atom. The molecule has 35 heavy (non-hydrogen) atoms. The van der Waals surface area contributed by atoms with Gasteiger partial charge in [0.1, 0.15) is 23.9 Å². The predicted octanol–water partition coefficient (Wildman–Crippen LogP) is 4.41. The molecule has 0 aliphatic carbocycles. The summed E-state index contributed by atoms with van der Waals surface area (Å²) in [7, 11) is 0. The van der Waals surface area contributed by atoms with E-state index in [0.717, 1.165) is 13.1 Å². The molecule has 2 aromatic carbocycles. The number of carbonyl (C=O) groups is 2. The second kappa shape index (κ2) is 12.2. The van der Waals surface area contributed by atoms with Crippen molar-refractivity contribution in [3.05, 3.63) is 77.9 Å². The van der Waals surface area contributed by atoms with Gasteiger partial charge in [0.05, 0.1) is 18.2 Å². The van der Waals surface area contributed by atoms with Crippen LogP contribution in [0.15, 0.2) is 66.8 Å². The van der Waals surface area contributed by atoms with Gasteiger partial charge in [0.15, 0.2) is 0 Å². The standard InChI is InChI=1S/C28H34N2O5/c1-5-18-35-23-11-9-10-21(19-23)25-24(26(31)20-12-14-22(15-13-20)34-8-4)27(32)28(33)30(25)17-16-29(6-2)7-3/h5,9-15,19,25,31H,1,6-8,16-18H2,2-4H3/b26-24-. The molecular formula is C28H34N2O5. The number of amides is 1. The lowest BCUT2D eigenvalue weighted by Crippen LogP contribution is -2.38. The number of benzene rings is 2. The first-order valence-electron chi connectivity index (χ1n) is 12.0. The summed E-state index contributed by atoms with van der Waals surface area (Å²) in [5, 5.41) is 11.2. The first-order valence-corrected chi connectivity index (χ1v) is 12.0. The number of aliphatic hydroxyl groups excluding tert-OH is 1. The third-order valence-corrected chi connectivity index (χ3v) is 6.07. The number of hydrogen-bond acceptors (Lipinski definition) is 6. The van der Waals surface area contributed by atoms with Crippen molar-refractivity contribution < 1.29 is 24.2 Å². The molecule has 2 aromatic rings. The smallest absolute Gasteiger partial charge is 0.295 e. The van der Waals surface area contributed by atoms with Crippen molar-refractivity contribution in [2.24, 2.45) is 0 Å². The van der Waals surface area contributed by atoms with Gasteiger partial charge in [-0.05, 0) is 62.0 Å². The lowest BCUT2D eigenvalue weighted by Gasteiger charge is -2.28. The SMILES string of the molecule is C=CCOc1cccc(C2/C(=C(/O)c3ccc(OCC)cc3)C(=O)C(=O)N2CCN(CC)CC)c1. The molecule has 186 valence electrons. The molecular weight excluding hydrogens is 444 g/mol. The monoisotopic (exact) mass is 478 g/mol. The second-order valence-corrected chi connectivity index (χ2v) is 8.15. The van der Waals surface area contributed by atoms with Crippen molar-refractivity contribution in [1.29, 1.82) is 0 Å². The fourth-order valence-corrected chi connectivity index (χ4v) is 4.21. The van der Waals surface area contributed by atoms with Crippen molar-refractivity contribution >= 4 is 17.4 Å². The number of likely N-dealkylation sites (N-methyl/N-ethyl adjacent to an activating group) is 1. The van der Waals surface area contributed by atoms with E-state index < -0.39 is 17.7 Å². The molecule has 1 aliphatic heterocycles. The van der Waals surface area contributed by atoms with Gasteiger partial charge in [0, 0.05) is 18.7 Å². The number of Topliss-reactive ketones (excluding diaryl/α,β-unsaturated/α-hetero) is 1. The third kappa shape index (κ3) is 5.92. The number of likely N-dealkylation sites (tertiary alicyclic amines) is 1. The fourth-order valence-electron chi connectivity index (χ4n) is 4.21. The molecule has 0 spiro atoms. The molecule has 0 saturated carbocycles. The highest BCUT2D eigenvalue weighted by atomic mass is 16.5. The predicted molar refractivity (Wildman–Crippen MR) is 137 cm³/mol. The van der Waals surface area contributed by atoms with Crippen molar-refractivity contribution in [2.45, 2.75) is 26.8 Å². The zero-order valence-corrected chi connectivity index (χ0v) is 20.7. The fraction of sp³-hybridized carbons (Fsp3) is 0.357. The second-order valence-electron chi connectivity index (χ2n) is 8.15. The summed E-state index contributed by atoms with van der Waals surface area (Å²) in [5.41, 5.74) is 1.21. The molecule has 0 radical (unpaired) electrons. The molecule has 1 heterocycles. The van der Waals surface area contributed by atoms with Crippen LogP contribution in [-0.4, -0.2) is 66.0 Å². The first kappa shape index (κ1) is 26.0. The van der Waals surface area contributed by atoms with E-state index in [0.29, 0.717) is 48.9 Å². The van der Waals surface area contributed by atoms with Crippen LogP contribution < -0.4 is 9.47 Å². The van der Waals surface area contributed by atoms with E-state index in [1.807, 2.05) is 25.1 Å². The molecule has 1 fully saturated rings. The van der Waals surface area contributed by atoms with Gasteiger partial charge in [-0.3, -0.25) is 9.59 Å². The van der Waals surface area contributed by atoms with Gasteiger partial charge < -0.3 is 24.4 Å². The first-order chi connectivity index (χ1) is 16.9. The van der Waals surface area contributed by atoms with Gasteiger partial charge in [0.25, 0.3) is 11.7 Å². The summed E-state index contributed by atoms with van der Waals surface area (Å²) in [5.74, 6) is -0.269. The minimum Gasteiger partial charge on any atom is -0.507 e. The van der Waals surface area contributed by atoms with E-state index in [4.69, 9.17) is 9.47 Å². The summed E-state index contributed by atoms with van der Waals surface area (Å²) in [4.78, 5) is 30.1. The van der Waals surface area contributed by atoms with Gasteiger partial charge in [-0.15, -0.1) is 0 Å². The summed E-state index contributed by atoms with van der Waals surface area (Å²) < 4.78 is 11.2. The Labute approximate surface area is 207 Å². The lowest BCUT2D eigenvalue weighted by atomic mass is 9.95. The Morgan fingerprint density at radius 3 is 2.40 bits per heavy atom. The molecule has 1 N–H and O–H groups in total. The maximum absolute atomic E-state index is 13.2. The van der Waals surface area contributed by atoms with Gasteiger partial charge >= 0.3 is 0 Å². The van der Waals surface area contributed by atoms with Crippen molar-refractivity contribution in [3.63, 3.8) is 0 Å². The quantitative estimate of drug-likeness (QED) is 0.211. The molecule has 3 rings (SSSR count). The number of aliphatic hydroxyl groups is 1. The Balaban J connectivity index is 2.07. The number of ketones is 1. The summed E-state index contributed by atoms with van der Waals surface area (Å²) >= 11 is 0. The average molecular weight is 479 g/mol. The largest absolute Gasteiger partial charge is 0.507 e. The Bertz CT molecular complexity index is 1070. The van der Waals surface area contributed by atoms with Crippen molar-refractivity contribution in [1.82, 2.24) is 9.80 Å². The van der Waals surface area contributed by atoms with Crippen LogP contribution in [0.5, 0.6) is 11.5 Å². The number of ether oxygens (including phenoxy) is 2. The van der Waals surface area contributed by atoms with Crippen LogP contribution >= 0.6 is 0 Å². The molecule has 1 unspecified atom stereocenters. The summed E-state index contributed by atoms with van der Waals surface area (Å²) in [6, 6.07) is 13.4. The Morgan fingerprint density at radius 2 is 1.77 bits per heavy atom. The summed E-state index contributed by atoms with van der Waals surface area (Å²) in [6.45, 7) is 13.2. The van der Waals surface area contributed by atoms with E-state index in [1.165, 1.54) is 0 Å². The Kier molecular flexibility index (Phi) is 9.09. The molecule has 1 aliphatic rings. The molecule has 7 heteroatoms. The maximum atomic E-state index is 13.2. The minimum atomic E-state index is -0.732. The van der Waals surface area contributed by atoms with E-state index in [-0.39, 0.29) is 11.3 Å². The van der Waals surface area contributed by atoms with E-state index >= 15 is 0 Å². The highest BCUT2D eigenvalue weighted by molar-refractivity contribution is 6.46. The number of carbonyl (C=O) groups excluding carboxylic acids is 2.